The first kappa shape index (κ1) is 16.5. The molecular formula is C20H30O5. The Morgan fingerprint density at radius 1 is 1.24 bits per heavy atom. The number of aliphatic hydroxyl groups is 3. The van der Waals surface area contributed by atoms with E-state index >= 15 is 0 Å². The summed E-state index contributed by atoms with van der Waals surface area (Å²) in [6.45, 7) is 3.99. The molecule has 140 valence electrons. The Balaban J connectivity index is 1.68. The van der Waals surface area contributed by atoms with Crippen molar-refractivity contribution >= 4 is 5.97 Å². The van der Waals surface area contributed by atoms with Crippen molar-refractivity contribution < 1.29 is 24.9 Å². The molecule has 25 heavy (non-hydrogen) atoms. The fraction of sp³-hybridized carbons (Fsp3) is 0.950. The molecule has 3 N–H and O–H groups in total. The minimum atomic E-state index is -0.835. The largest absolute Gasteiger partial charge is 0.459 e. The molecule has 4 aliphatic carbocycles. The molecule has 5 aliphatic rings. The summed E-state index contributed by atoms with van der Waals surface area (Å²) in [7, 11) is 0. The zero-order valence-electron chi connectivity index (χ0n) is 15.2. The predicted molar refractivity (Wildman–Crippen MR) is 89.4 cm³/mol. The fourth-order valence-electron chi connectivity index (χ4n) is 8.47. The van der Waals surface area contributed by atoms with Gasteiger partial charge in [-0.15, -0.1) is 0 Å². The highest BCUT2D eigenvalue weighted by Crippen LogP contribution is 2.74. The predicted octanol–water partition coefficient (Wildman–Crippen LogP) is 1.63. The molecule has 1 saturated heterocycles. The van der Waals surface area contributed by atoms with E-state index in [2.05, 4.69) is 6.92 Å². The lowest BCUT2D eigenvalue weighted by Gasteiger charge is -2.64. The van der Waals surface area contributed by atoms with Gasteiger partial charge >= 0.3 is 5.97 Å². The van der Waals surface area contributed by atoms with Crippen LogP contribution in [0.4, 0.5) is 0 Å². The number of hydrogen-bond acceptors (Lipinski definition) is 5. The Morgan fingerprint density at radius 3 is 2.72 bits per heavy atom. The van der Waals surface area contributed by atoms with Crippen LogP contribution < -0.4 is 0 Å². The zero-order chi connectivity index (χ0) is 17.8. The smallest absolute Gasteiger partial charge is 0.315 e. The van der Waals surface area contributed by atoms with Gasteiger partial charge in [0, 0.05) is 11.3 Å². The molecule has 0 aromatic heterocycles. The SMILES string of the molecule is C[C@@]12CCC[C@@]3(CO)C(=O)O[C@H]([C@H]31)[C@H](O)[C@@]13C[C@@H](CC[C@@H]21)[C@@](C)(O)C3. The number of fused-ring (bicyclic) bond motifs is 2. The van der Waals surface area contributed by atoms with Crippen LogP contribution in [-0.4, -0.2) is 45.7 Å². The third kappa shape index (κ3) is 1.65. The van der Waals surface area contributed by atoms with Crippen LogP contribution in [0.5, 0.6) is 0 Å². The Bertz CT molecular complexity index is 632. The molecule has 0 amide bonds. The molecule has 2 bridgehead atoms. The molecule has 5 fully saturated rings. The molecule has 1 aliphatic heterocycles. The lowest BCUT2D eigenvalue weighted by atomic mass is 9.40. The van der Waals surface area contributed by atoms with Crippen LogP contribution in [0.3, 0.4) is 0 Å². The summed E-state index contributed by atoms with van der Waals surface area (Å²) in [5.74, 6) is 0.0781. The van der Waals surface area contributed by atoms with E-state index in [4.69, 9.17) is 4.74 Å². The molecule has 5 nitrogen and oxygen atoms in total. The number of carbonyl (C=O) groups excluding carboxylic acids is 1. The highest BCUT2D eigenvalue weighted by atomic mass is 16.6. The van der Waals surface area contributed by atoms with Gasteiger partial charge < -0.3 is 20.1 Å². The number of carbonyl (C=O) groups is 1. The minimum absolute atomic E-state index is 0.112. The van der Waals surface area contributed by atoms with Gasteiger partial charge in [-0.3, -0.25) is 4.79 Å². The van der Waals surface area contributed by atoms with Crippen molar-refractivity contribution in [3.63, 3.8) is 0 Å². The summed E-state index contributed by atoms with van der Waals surface area (Å²) in [5.41, 5.74) is -2.06. The summed E-state index contributed by atoms with van der Waals surface area (Å²) in [6, 6.07) is 0. The molecule has 0 aromatic rings. The third-order valence-corrected chi connectivity index (χ3v) is 9.29. The number of ether oxygens (including phenoxy) is 1. The van der Waals surface area contributed by atoms with Gasteiger partial charge in [-0.05, 0) is 62.7 Å². The van der Waals surface area contributed by atoms with E-state index in [0.717, 1.165) is 32.1 Å². The van der Waals surface area contributed by atoms with Crippen LogP contribution in [0.15, 0.2) is 0 Å². The molecule has 4 saturated carbocycles. The summed E-state index contributed by atoms with van der Waals surface area (Å²) in [5, 5.41) is 32.5. The Kier molecular flexibility index (Phi) is 3.04. The van der Waals surface area contributed by atoms with E-state index in [1.165, 1.54) is 0 Å². The molecule has 5 heteroatoms. The Labute approximate surface area is 148 Å². The summed E-state index contributed by atoms with van der Waals surface area (Å²) in [4.78, 5) is 12.8. The van der Waals surface area contributed by atoms with Crippen molar-refractivity contribution in [1.29, 1.82) is 0 Å². The van der Waals surface area contributed by atoms with Gasteiger partial charge in [0.25, 0.3) is 0 Å². The third-order valence-electron chi connectivity index (χ3n) is 9.29. The van der Waals surface area contributed by atoms with Crippen molar-refractivity contribution in [2.75, 3.05) is 6.61 Å². The highest BCUT2D eigenvalue weighted by molar-refractivity contribution is 5.80. The second-order valence-corrected chi connectivity index (χ2v) is 10.3. The molecule has 1 heterocycles. The van der Waals surface area contributed by atoms with Crippen LogP contribution in [0.2, 0.25) is 0 Å². The van der Waals surface area contributed by atoms with Crippen LogP contribution in [0.25, 0.3) is 0 Å². The number of rotatable bonds is 1. The van der Waals surface area contributed by atoms with Crippen molar-refractivity contribution in [3.05, 3.63) is 0 Å². The Morgan fingerprint density at radius 2 is 2.00 bits per heavy atom. The zero-order valence-corrected chi connectivity index (χ0v) is 15.2. The van der Waals surface area contributed by atoms with E-state index in [-0.39, 0.29) is 41.2 Å². The molecule has 0 aromatic carbocycles. The number of hydrogen-bond donors (Lipinski definition) is 3. The van der Waals surface area contributed by atoms with Gasteiger partial charge in [0.15, 0.2) is 0 Å². The van der Waals surface area contributed by atoms with Gasteiger partial charge in [0.1, 0.15) is 6.10 Å². The molecule has 9 atom stereocenters. The Hall–Kier alpha value is -0.650. The van der Waals surface area contributed by atoms with Gasteiger partial charge in [0.05, 0.1) is 23.7 Å². The summed E-state index contributed by atoms with van der Waals surface area (Å²) in [6.07, 6.45) is 4.72. The fourth-order valence-corrected chi connectivity index (χ4v) is 8.47. The van der Waals surface area contributed by atoms with Crippen molar-refractivity contribution in [1.82, 2.24) is 0 Å². The second-order valence-electron chi connectivity index (χ2n) is 10.3. The van der Waals surface area contributed by atoms with E-state index in [1.807, 2.05) is 6.92 Å². The second kappa shape index (κ2) is 4.60. The molecular weight excluding hydrogens is 320 g/mol. The number of esters is 1. The van der Waals surface area contributed by atoms with Gasteiger partial charge in [-0.2, -0.15) is 0 Å². The minimum Gasteiger partial charge on any atom is -0.459 e. The highest BCUT2D eigenvalue weighted by Gasteiger charge is 2.77. The maximum atomic E-state index is 12.8. The van der Waals surface area contributed by atoms with E-state index < -0.39 is 23.2 Å². The van der Waals surface area contributed by atoms with Gasteiger partial charge in [-0.25, -0.2) is 0 Å². The van der Waals surface area contributed by atoms with Crippen molar-refractivity contribution in [3.8, 4) is 0 Å². The quantitative estimate of drug-likeness (QED) is 0.626. The molecule has 5 rings (SSSR count). The average molecular weight is 350 g/mol. The molecule has 0 radical (unpaired) electrons. The standard InChI is InChI=1S/C20H30O5/c1-17-6-3-7-19(10-21)14(17)13(25-16(19)23)15(22)20-8-11(4-5-12(17)20)18(2,24)9-20/h11-15,21-22,24H,3-10H2,1-2H3/t11-,12+,13-,14+,15+,17+,18+,19+,20-/m1/s1. The molecule has 1 spiro atoms. The maximum Gasteiger partial charge on any atom is 0.315 e. The topological polar surface area (TPSA) is 87.0 Å². The maximum absolute atomic E-state index is 12.8. The normalized spacial score (nSPS) is 62.3. The van der Waals surface area contributed by atoms with E-state index in [9.17, 15) is 20.1 Å². The summed E-state index contributed by atoms with van der Waals surface area (Å²) >= 11 is 0. The van der Waals surface area contributed by atoms with E-state index in [0.29, 0.717) is 12.8 Å². The van der Waals surface area contributed by atoms with Gasteiger partial charge in [0.2, 0.25) is 0 Å². The lowest BCUT2D eigenvalue weighted by molar-refractivity contribution is -0.224. The first-order valence-corrected chi connectivity index (χ1v) is 9.94. The van der Waals surface area contributed by atoms with E-state index in [1.54, 1.807) is 0 Å². The van der Waals surface area contributed by atoms with Crippen LogP contribution in [0, 0.1) is 34.0 Å². The van der Waals surface area contributed by atoms with Crippen molar-refractivity contribution in [2.45, 2.75) is 76.6 Å². The first-order chi connectivity index (χ1) is 11.7. The van der Waals surface area contributed by atoms with Crippen LogP contribution in [0.1, 0.15) is 58.8 Å². The number of aliphatic hydroxyl groups excluding tert-OH is 2. The summed E-state index contributed by atoms with van der Waals surface area (Å²) < 4.78 is 5.78. The van der Waals surface area contributed by atoms with Gasteiger partial charge in [-0.1, -0.05) is 13.3 Å². The molecule has 0 unspecified atom stereocenters. The average Bonchev–Trinajstić information content (AvgIpc) is 2.97. The lowest BCUT2D eigenvalue weighted by Crippen LogP contribution is -2.66. The monoisotopic (exact) mass is 350 g/mol. The first-order valence-electron chi connectivity index (χ1n) is 9.94. The van der Waals surface area contributed by atoms with Crippen LogP contribution >= 0.6 is 0 Å². The van der Waals surface area contributed by atoms with Crippen LogP contribution in [-0.2, 0) is 9.53 Å². The van der Waals surface area contributed by atoms with Crippen molar-refractivity contribution in [2.24, 2.45) is 34.0 Å².